The van der Waals surface area contributed by atoms with Crippen molar-refractivity contribution in [3.05, 3.63) is 42.0 Å². The fourth-order valence-electron chi connectivity index (χ4n) is 1.99. The Kier molecular flexibility index (Phi) is 6.25. The van der Waals surface area contributed by atoms with E-state index in [0.717, 1.165) is 0 Å². The van der Waals surface area contributed by atoms with E-state index in [4.69, 9.17) is 9.15 Å². The maximum Gasteiger partial charge on any atom is 0.226 e. The monoisotopic (exact) mass is 322 g/mol. The lowest BCUT2D eigenvalue weighted by molar-refractivity contribution is -0.120. The Morgan fingerprint density at radius 2 is 2.17 bits per heavy atom. The first-order valence-electron chi connectivity index (χ1n) is 7.22. The second-order valence-corrected chi connectivity index (χ2v) is 5.08. The van der Waals surface area contributed by atoms with Crippen LogP contribution in [-0.4, -0.2) is 42.4 Å². The fraction of sp³-hybridized carbons (Fsp3) is 0.375. The molecule has 0 spiro atoms. The molecule has 124 valence electrons. The van der Waals surface area contributed by atoms with E-state index >= 15 is 0 Å². The smallest absolute Gasteiger partial charge is 0.226 e. The van der Waals surface area contributed by atoms with E-state index in [1.165, 1.54) is 25.5 Å². The van der Waals surface area contributed by atoms with Crippen LogP contribution in [0.5, 0.6) is 0 Å². The predicted octanol–water partition coefficient (Wildman–Crippen LogP) is 1.54. The van der Waals surface area contributed by atoms with Crippen LogP contribution in [0.25, 0.3) is 11.5 Å². The number of methoxy groups -OCH3 is 1. The molecule has 0 bridgehead atoms. The zero-order valence-corrected chi connectivity index (χ0v) is 12.8. The van der Waals surface area contributed by atoms with Gasteiger partial charge in [0.1, 0.15) is 12.1 Å². The van der Waals surface area contributed by atoms with Gasteiger partial charge < -0.3 is 19.6 Å². The number of carbonyl (C=O) groups is 1. The van der Waals surface area contributed by atoms with Crippen molar-refractivity contribution in [2.24, 2.45) is 0 Å². The molecule has 1 atom stereocenters. The average molecular weight is 322 g/mol. The number of hydrogen-bond donors (Lipinski definition) is 2. The molecule has 6 nitrogen and oxygen atoms in total. The van der Waals surface area contributed by atoms with Crippen LogP contribution in [-0.2, 0) is 16.0 Å². The van der Waals surface area contributed by atoms with Gasteiger partial charge in [-0.25, -0.2) is 9.37 Å². The fourth-order valence-corrected chi connectivity index (χ4v) is 1.99. The van der Waals surface area contributed by atoms with Crippen molar-refractivity contribution in [2.45, 2.75) is 18.9 Å². The van der Waals surface area contributed by atoms with Crippen LogP contribution in [0.4, 0.5) is 4.39 Å². The Morgan fingerprint density at radius 1 is 1.43 bits per heavy atom. The Labute approximate surface area is 133 Å². The Hall–Kier alpha value is -2.25. The summed E-state index contributed by atoms with van der Waals surface area (Å²) in [6.45, 7) is 0.590. The van der Waals surface area contributed by atoms with Gasteiger partial charge in [0.05, 0.1) is 24.8 Å². The first-order chi connectivity index (χ1) is 11.1. The van der Waals surface area contributed by atoms with E-state index in [0.29, 0.717) is 30.1 Å². The highest BCUT2D eigenvalue weighted by Crippen LogP contribution is 2.19. The van der Waals surface area contributed by atoms with Gasteiger partial charge in [-0.15, -0.1) is 0 Å². The number of rotatable bonds is 8. The summed E-state index contributed by atoms with van der Waals surface area (Å²) in [5.74, 6) is -0.215. The second kappa shape index (κ2) is 8.40. The number of oxazole rings is 1. The van der Waals surface area contributed by atoms with Gasteiger partial charge in [-0.3, -0.25) is 4.79 Å². The second-order valence-electron chi connectivity index (χ2n) is 5.08. The minimum Gasteiger partial charge on any atom is -0.444 e. The third-order valence-corrected chi connectivity index (χ3v) is 3.14. The summed E-state index contributed by atoms with van der Waals surface area (Å²) >= 11 is 0. The summed E-state index contributed by atoms with van der Waals surface area (Å²) in [6, 6.07) is 5.75. The maximum atomic E-state index is 12.9. The van der Waals surface area contributed by atoms with Crippen molar-refractivity contribution in [1.82, 2.24) is 10.3 Å². The first kappa shape index (κ1) is 17.1. The average Bonchev–Trinajstić information content (AvgIpc) is 2.96. The van der Waals surface area contributed by atoms with Gasteiger partial charge in [-0.1, -0.05) is 0 Å². The summed E-state index contributed by atoms with van der Waals surface area (Å²) in [5, 5.41) is 12.2. The molecule has 1 aromatic heterocycles. The molecule has 1 unspecified atom stereocenters. The molecular formula is C16H19FN2O4. The normalized spacial score (nSPS) is 12.1. The van der Waals surface area contributed by atoms with Crippen molar-refractivity contribution in [3.63, 3.8) is 0 Å². The molecule has 0 saturated carbocycles. The Morgan fingerprint density at radius 3 is 2.87 bits per heavy atom. The molecule has 1 aromatic carbocycles. The van der Waals surface area contributed by atoms with Crippen LogP contribution in [0.2, 0.25) is 0 Å². The highest BCUT2D eigenvalue weighted by Gasteiger charge is 2.11. The highest BCUT2D eigenvalue weighted by molar-refractivity contribution is 5.78. The van der Waals surface area contributed by atoms with Crippen LogP contribution >= 0.6 is 0 Å². The molecule has 2 rings (SSSR count). The number of hydrogen-bond acceptors (Lipinski definition) is 5. The standard InChI is InChI=1S/C16H19FN2O4/c1-22-10-14(20)6-7-18-15(21)8-13-9-23-16(19-13)11-2-4-12(17)5-3-11/h2-5,9,14,20H,6-8,10H2,1H3,(H,18,21). The van der Waals surface area contributed by atoms with Crippen molar-refractivity contribution in [2.75, 3.05) is 20.3 Å². The third-order valence-electron chi connectivity index (χ3n) is 3.14. The highest BCUT2D eigenvalue weighted by atomic mass is 19.1. The van der Waals surface area contributed by atoms with Crippen LogP contribution in [0.1, 0.15) is 12.1 Å². The molecule has 0 radical (unpaired) electrons. The summed E-state index contributed by atoms with van der Waals surface area (Å²) in [6.07, 6.45) is 1.29. The maximum absolute atomic E-state index is 12.9. The van der Waals surface area contributed by atoms with Crippen LogP contribution in [0.3, 0.4) is 0 Å². The first-order valence-corrected chi connectivity index (χ1v) is 7.22. The number of nitrogens with one attached hydrogen (secondary N) is 1. The molecule has 1 amide bonds. The number of amides is 1. The van der Waals surface area contributed by atoms with Crippen molar-refractivity contribution in [1.29, 1.82) is 0 Å². The number of nitrogens with zero attached hydrogens (tertiary/aromatic N) is 1. The molecule has 0 aliphatic rings. The topological polar surface area (TPSA) is 84.6 Å². The number of carbonyl (C=O) groups excluding carboxylic acids is 1. The summed E-state index contributed by atoms with van der Waals surface area (Å²) in [5.41, 5.74) is 1.13. The molecule has 0 aliphatic carbocycles. The van der Waals surface area contributed by atoms with Crippen molar-refractivity contribution in [3.8, 4) is 11.5 Å². The predicted molar refractivity (Wildman–Crippen MR) is 81.1 cm³/mol. The van der Waals surface area contributed by atoms with E-state index < -0.39 is 6.10 Å². The van der Waals surface area contributed by atoms with Gasteiger partial charge in [0.15, 0.2) is 0 Å². The molecule has 2 N–H and O–H groups in total. The van der Waals surface area contributed by atoms with E-state index in [1.807, 2.05) is 0 Å². The molecule has 0 fully saturated rings. The van der Waals surface area contributed by atoms with Crippen LogP contribution < -0.4 is 5.32 Å². The number of benzene rings is 1. The SMILES string of the molecule is COCC(O)CCNC(=O)Cc1coc(-c2ccc(F)cc2)n1. The summed E-state index contributed by atoms with van der Waals surface area (Å²) in [4.78, 5) is 16.0. The molecule has 7 heteroatoms. The Bertz CT molecular complexity index is 627. The lowest BCUT2D eigenvalue weighted by Crippen LogP contribution is -2.29. The zero-order chi connectivity index (χ0) is 16.7. The van der Waals surface area contributed by atoms with E-state index in [-0.39, 0.29) is 24.8 Å². The quantitative estimate of drug-likeness (QED) is 0.770. The lowest BCUT2D eigenvalue weighted by atomic mass is 10.2. The van der Waals surface area contributed by atoms with Crippen LogP contribution in [0, 0.1) is 5.82 Å². The van der Waals surface area contributed by atoms with Gasteiger partial charge in [-0.2, -0.15) is 0 Å². The van der Waals surface area contributed by atoms with Gasteiger partial charge >= 0.3 is 0 Å². The van der Waals surface area contributed by atoms with Crippen molar-refractivity contribution < 1.29 is 23.4 Å². The molecule has 23 heavy (non-hydrogen) atoms. The van der Waals surface area contributed by atoms with Gasteiger partial charge in [0.2, 0.25) is 11.8 Å². The number of aliphatic hydroxyl groups is 1. The minimum absolute atomic E-state index is 0.0745. The molecule has 0 saturated heterocycles. The van der Waals surface area contributed by atoms with Gasteiger partial charge in [0.25, 0.3) is 0 Å². The lowest BCUT2D eigenvalue weighted by Gasteiger charge is -2.09. The molecule has 0 aliphatic heterocycles. The van der Waals surface area contributed by atoms with E-state index in [2.05, 4.69) is 10.3 Å². The van der Waals surface area contributed by atoms with Crippen molar-refractivity contribution >= 4 is 5.91 Å². The van der Waals surface area contributed by atoms with Gasteiger partial charge in [-0.05, 0) is 30.7 Å². The van der Waals surface area contributed by atoms with Gasteiger partial charge in [0, 0.05) is 19.2 Å². The molecule has 2 aromatic rings. The van der Waals surface area contributed by atoms with E-state index in [9.17, 15) is 14.3 Å². The largest absolute Gasteiger partial charge is 0.444 e. The van der Waals surface area contributed by atoms with E-state index in [1.54, 1.807) is 12.1 Å². The summed E-state index contributed by atoms with van der Waals surface area (Å²) in [7, 11) is 1.51. The number of ether oxygens (including phenoxy) is 1. The summed E-state index contributed by atoms with van der Waals surface area (Å²) < 4.78 is 23.0. The number of aromatic nitrogens is 1. The molecular weight excluding hydrogens is 303 g/mol. The number of aliphatic hydroxyl groups excluding tert-OH is 1. The Balaban J connectivity index is 1.82. The number of halogens is 1. The molecule has 1 heterocycles. The van der Waals surface area contributed by atoms with Crippen LogP contribution in [0.15, 0.2) is 34.9 Å². The zero-order valence-electron chi connectivity index (χ0n) is 12.8. The third kappa shape index (κ3) is 5.46. The minimum atomic E-state index is -0.600.